The van der Waals surface area contributed by atoms with Gasteiger partial charge in [-0.3, -0.25) is 0 Å². The summed E-state index contributed by atoms with van der Waals surface area (Å²) in [6.45, 7) is 17.8. The maximum absolute atomic E-state index is 14.3. The van der Waals surface area contributed by atoms with Gasteiger partial charge in [-0.15, -0.1) is 0 Å². The molecule has 0 fully saturated rings. The van der Waals surface area contributed by atoms with Gasteiger partial charge in [0.1, 0.15) is 0 Å². The Kier molecular flexibility index (Phi) is 9.67. The maximum Gasteiger partial charge on any atom is 0.417 e. The van der Waals surface area contributed by atoms with Crippen molar-refractivity contribution in [3.05, 3.63) is 57.6 Å². The molecule has 0 aliphatic carbocycles. The van der Waals surface area contributed by atoms with Crippen LogP contribution in [0.5, 0.6) is 0 Å². The van der Waals surface area contributed by atoms with Gasteiger partial charge in [0.2, 0.25) is 0 Å². The predicted molar refractivity (Wildman–Crippen MR) is 148 cm³/mol. The van der Waals surface area contributed by atoms with Crippen LogP contribution in [0, 0.1) is 35.5 Å². The van der Waals surface area contributed by atoms with Crippen molar-refractivity contribution in [3.63, 3.8) is 0 Å². The van der Waals surface area contributed by atoms with Gasteiger partial charge in [-0.2, -0.15) is 26.3 Å². The van der Waals surface area contributed by atoms with Crippen LogP contribution in [-0.2, 0) is 23.2 Å². The van der Waals surface area contributed by atoms with E-state index in [1.807, 2.05) is 0 Å². The first kappa shape index (κ1) is 32.7. The summed E-state index contributed by atoms with van der Waals surface area (Å²) in [5.74, 6) is 10.6. The maximum atomic E-state index is 14.3. The Hall–Kier alpha value is -2.51. The second kappa shape index (κ2) is 11.5. The van der Waals surface area contributed by atoms with E-state index in [1.54, 1.807) is 81.4 Å². The zero-order valence-electron chi connectivity index (χ0n) is 24.1. The zero-order chi connectivity index (χ0) is 30.1. The van der Waals surface area contributed by atoms with Gasteiger partial charge in [-0.1, -0.05) is 105 Å². The quantitative estimate of drug-likeness (QED) is 0.257. The molecular weight excluding hydrogens is 530 g/mol. The van der Waals surface area contributed by atoms with Gasteiger partial charge < -0.3 is 0 Å². The monoisotopic (exact) mass is 566 g/mol. The molecule has 0 amide bonds. The fraction of sp³-hybridized carbons (Fsp3) is 0.500. The molecule has 0 atom stereocenters. The summed E-state index contributed by atoms with van der Waals surface area (Å²) >= 11 is 0.860. The van der Waals surface area contributed by atoms with E-state index in [0.717, 1.165) is 23.9 Å². The van der Waals surface area contributed by atoms with E-state index in [1.165, 1.54) is 0 Å². The molecule has 2 aromatic rings. The highest BCUT2D eigenvalue weighted by molar-refractivity contribution is 7.99. The topological polar surface area (TPSA) is 0 Å². The number of hydrogen-bond acceptors (Lipinski definition) is 1. The van der Waals surface area contributed by atoms with Crippen LogP contribution in [0.1, 0.15) is 103 Å². The van der Waals surface area contributed by atoms with Crippen molar-refractivity contribution < 1.29 is 26.3 Å². The van der Waals surface area contributed by atoms with E-state index < -0.39 is 34.3 Å². The normalized spacial score (nSPS) is 12.8. The summed E-state index contributed by atoms with van der Waals surface area (Å²) in [4.78, 5) is 0.296. The standard InChI is InChI=1S/C32H36F6S/c1-19(2)11-13-23-25(31(33,34)35)15-21(29(5,6)7)17-27(23)39-28-18-22(30(8,9)10)16-26(32(36,37)38)24(28)14-12-20(3)4/h15-20H,1-10H3. The zero-order valence-corrected chi connectivity index (χ0v) is 25.0. The van der Waals surface area contributed by atoms with Crippen LogP contribution >= 0.6 is 11.8 Å². The molecule has 0 aliphatic heterocycles. The fourth-order valence-electron chi connectivity index (χ4n) is 3.51. The predicted octanol–water partition coefficient (Wildman–Crippen LogP) is 10.5. The third-order valence-electron chi connectivity index (χ3n) is 5.74. The van der Waals surface area contributed by atoms with Crippen LogP contribution in [0.25, 0.3) is 0 Å². The van der Waals surface area contributed by atoms with E-state index >= 15 is 0 Å². The molecule has 0 nitrogen and oxygen atoms in total. The molecular formula is C32H36F6S. The molecule has 2 rings (SSSR count). The summed E-state index contributed by atoms with van der Waals surface area (Å²) in [5, 5.41) is 0. The summed E-state index contributed by atoms with van der Waals surface area (Å²) in [6, 6.07) is 5.42. The van der Waals surface area contributed by atoms with Crippen molar-refractivity contribution in [3.8, 4) is 23.7 Å². The second-order valence-corrected chi connectivity index (χ2v) is 13.3. The van der Waals surface area contributed by atoms with Gasteiger partial charge in [0.25, 0.3) is 0 Å². The lowest BCUT2D eigenvalue weighted by Gasteiger charge is -2.25. The van der Waals surface area contributed by atoms with Crippen molar-refractivity contribution in [2.45, 2.75) is 102 Å². The van der Waals surface area contributed by atoms with Gasteiger partial charge >= 0.3 is 12.4 Å². The molecule has 0 saturated heterocycles. The van der Waals surface area contributed by atoms with E-state index in [4.69, 9.17) is 0 Å². The van der Waals surface area contributed by atoms with Crippen LogP contribution < -0.4 is 0 Å². The SMILES string of the molecule is CC(C)C#Cc1c(Sc2cc(C(C)(C)C)cc(C(F)(F)F)c2C#CC(C)C)cc(C(C)(C)C)cc1C(F)(F)F. The Balaban J connectivity index is 3.09. The average Bonchev–Trinajstić information content (AvgIpc) is 2.73. The number of benzene rings is 2. The van der Waals surface area contributed by atoms with Gasteiger partial charge in [0.05, 0.1) is 22.3 Å². The molecule has 0 heterocycles. The van der Waals surface area contributed by atoms with Crippen molar-refractivity contribution >= 4 is 11.8 Å². The summed E-state index contributed by atoms with van der Waals surface area (Å²) in [6.07, 6.45) is -9.41. The molecule has 0 saturated carbocycles. The molecule has 212 valence electrons. The van der Waals surface area contributed by atoms with Gasteiger partial charge in [-0.25, -0.2) is 0 Å². The Morgan fingerprint density at radius 1 is 0.564 bits per heavy atom. The van der Waals surface area contributed by atoms with Gasteiger partial charge in [0, 0.05) is 21.6 Å². The minimum absolute atomic E-state index is 0.148. The largest absolute Gasteiger partial charge is 0.417 e. The van der Waals surface area contributed by atoms with Crippen LogP contribution in [-0.4, -0.2) is 0 Å². The summed E-state index contributed by atoms with van der Waals surface area (Å²) < 4.78 is 86.0. The summed E-state index contributed by atoms with van der Waals surface area (Å²) in [5.41, 5.74) is -2.77. The van der Waals surface area contributed by atoms with Crippen molar-refractivity contribution in [1.29, 1.82) is 0 Å². The first-order valence-electron chi connectivity index (χ1n) is 12.7. The molecule has 7 heteroatoms. The Morgan fingerprint density at radius 3 is 1.10 bits per heavy atom. The Labute approximate surface area is 233 Å². The Bertz CT molecular complexity index is 1220. The van der Waals surface area contributed by atoms with E-state index in [-0.39, 0.29) is 32.8 Å². The minimum atomic E-state index is -4.71. The number of alkyl halides is 6. The van der Waals surface area contributed by atoms with Gasteiger partial charge in [-0.05, 0) is 46.2 Å². The first-order valence-corrected chi connectivity index (χ1v) is 13.6. The number of halogens is 6. The van der Waals surface area contributed by atoms with Crippen LogP contribution in [0.3, 0.4) is 0 Å². The third kappa shape index (κ3) is 8.74. The Morgan fingerprint density at radius 2 is 0.872 bits per heavy atom. The van der Waals surface area contributed by atoms with Crippen LogP contribution in [0.15, 0.2) is 34.1 Å². The van der Waals surface area contributed by atoms with Crippen LogP contribution in [0.4, 0.5) is 26.3 Å². The molecule has 0 N–H and O–H groups in total. The van der Waals surface area contributed by atoms with E-state index in [0.29, 0.717) is 11.1 Å². The average molecular weight is 567 g/mol. The lowest BCUT2D eigenvalue weighted by Crippen LogP contribution is -2.17. The lowest BCUT2D eigenvalue weighted by atomic mass is 9.85. The van der Waals surface area contributed by atoms with E-state index in [2.05, 4.69) is 23.7 Å². The van der Waals surface area contributed by atoms with Crippen molar-refractivity contribution in [2.24, 2.45) is 11.8 Å². The molecule has 0 radical (unpaired) electrons. The highest BCUT2D eigenvalue weighted by Crippen LogP contribution is 2.45. The molecule has 0 spiro atoms. The van der Waals surface area contributed by atoms with Crippen molar-refractivity contribution in [2.75, 3.05) is 0 Å². The third-order valence-corrected chi connectivity index (χ3v) is 6.82. The second-order valence-electron chi connectivity index (χ2n) is 12.2. The highest BCUT2D eigenvalue weighted by Gasteiger charge is 2.38. The smallest absolute Gasteiger partial charge is 0.166 e. The molecule has 39 heavy (non-hydrogen) atoms. The molecule has 0 bridgehead atoms. The fourth-order valence-corrected chi connectivity index (χ4v) is 4.65. The highest BCUT2D eigenvalue weighted by atomic mass is 32.2. The number of hydrogen-bond donors (Lipinski definition) is 0. The summed E-state index contributed by atoms with van der Waals surface area (Å²) in [7, 11) is 0. The molecule has 0 aliphatic rings. The molecule has 0 aromatic heterocycles. The number of rotatable bonds is 2. The molecule has 2 aromatic carbocycles. The van der Waals surface area contributed by atoms with Crippen molar-refractivity contribution in [1.82, 2.24) is 0 Å². The minimum Gasteiger partial charge on any atom is -0.166 e. The van der Waals surface area contributed by atoms with Crippen LogP contribution in [0.2, 0.25) is 0 Å². The molecule has 0 unspecified atom stereocenters. The van der Waals surface area contributed by atoms with Gasteiger partial charge in [0.15, 0.2) is 0 Å². The van der Waals surface area contributed by atoms with E-state index in [9.17, 15) is 26.3 Å². The lowest BCUT2D eigenvalue weighted by molar-refractivity contribution is -0.138. The first-order chi connectivity index (χ1) is 17.5.